The van der Waals surface area contributed by atoms with Gasteiger partial charge in [0.25, 0.3) is 0 Å². The van der Waals surface area contributed by atoms with Gasteiger partial charge in [-0.3, -0.25) is 0 Å². The Kier molecular flexibility index (Phi) is 6.72. The second-order valence-electron chi connectivity index (χ2n) is 10.4. The van der Waals surface area contributed by atoms with Crippen LogP contribution in [0.15, 0.2) is 47.0 Å². The fraction of sp³-hybridized carbons (Fsp3) is 0.379. The summed E-state index contributed by atoms with van der Waals surface area (Å²) in [6.45, 7) is 0.795. The van der Waals surface area contributed by atoms with Crippen molar-refractivity contribution in [3.63, 3.8) is 0 Å². The standard InChI is InChI=1S/C29H28Cl2N2O5/c30-22-2-1-3-23(31)25(22)26-21(27(38-33-26)16-4-5-16)15-37-18-8-11-29(36,12-9-18)17-6-7-24-20(14-17)19(28(34)35)10-13-32-24/h1-3,6-7,10,14,16,18,32,36H,4-5,8-9,11-13,15H2,(H,34,35)/t18-,29-. The second-order valence-corrected chi connectivity index (χ2v) is 11.2. The van der Waals surface area contributed by atoms with Gasteiger partial charge in [-0.15, -0.1) is 0 Å². The lowest BCUT2D eigenvalue weighted by Gasteiger charge is -2.37. The molecule has 38 heavy (non-hydrogen) atoms. The molecule has 0 amide bonds. The van der Waals surface area contributed by atoms with E-state index in [1.54, 1.807) is 30.3 Å². The second kappa shape index (κ2) is 10.0. The van der Waals surface area contributed by atoms with Crippen LogP contribution in [-0.2, 0) is 21.7 Å². The van der Waals surface area contributed by atoms with Crippen molar-refractivity contribution in [3.8, 4) is 11.3 Å². The Balaban J connectivity index is 1.17. The molecule has 3 aromatic rings. The molecule has 0 atom stereocenters. The lowest BCUT2D eigenvalue weighted by molar-refractivity contribution is -0.130. The molecule has 1 aliphatic heterocycles. The third-order valence-corrected chi connectivity index (χ3v) is 8.50. The number of carboxylic acids is 1. The van der Waals surface area contributed by atoms with E-state index in [0.29, 0.717) is 71.6 Å². The van der Waals surface area contributed by atoms with Crippen molar-refractivity contribution < 1.29 is 24.3 Å². The number of aliphatic hydroxyl groups is 1. The third kappa shape index (κ3) is 4.73. The van der Waals surface area contributed by atoms with Gasteiger partial charge in [0, 0.05) is 34.8 Å². The first kappa shape index (κ1) is 25.4. The largest absolute Gasteiger partial charge is 0.478 e. The topological polar surface area (TPSA) is 105 Å². The number of aromatic nitrogens is 1. The van der Waals surface area contributed by atoms with E-state index in [9.17, 15) is 15.0 Å². The molecule has 0 unspecified atom stereocenters. The van der Waals surface area contributed by atoms with Crippen LogP contribution in [0.3, 0.4) is 0 Å². The number of carbonyl (C=O) groups is 1. The van der Waals surface area contributed by atoms with Crippen molar-refractivity contribution >= 4 is 40.4 Å². The Morgan fingerprint density at radius 1 is 1.13 bits per heavy atom. The lowest BCUT2D eigenvalue weighted by atomic mass is 9.77. The molecule has 198 valence electrons. The van der Waals surface area contributed by atoms with E-state index in [1.165, 1.54) is 0 Å². The van der Waals surface area contributed by atoms with Gasteiger partial charge in [-0.2, -0.15) is 0 Å². The van der Waals surface area contributed by atoms with Crippen LogP contribution < -0.4 is 5.32 Å². The van der Waals surface area contributed by atoms with E-state index in [2.05, 4.69) is 10.5 Å². The van der Waals surface area contributed by atoms with Crippen molar-refractivity contribution in [2.45, 2.75) is 62.8 Å². The normalized spacial score (nSPS) is 22.9. The van der Waals surface area contributed by atoms with Crippen LogP contribution >= 0.6 is 23.2 Å². The summed E-state index contributed by atoms with van der Waals surface area (Å²) in [5.41, 5.74) is 3.50. The zero-order valence-electron chi connectivity index (χ0n) is 20.7. The maximum absolute atomic E-state index is 11.7. The first-order valence-corrected chi connectivity index (χ1v) is 13.7. The number of nitrogens with one attached hydrogen (secondary N) is 1. The number of ether oxygens (including phenoxy) is 1. The maximum Gasteiger partial charge on any atom is 0.336 e. The highest BCUT2D eigenvalue weighted by molar-refractivity contribution is 6.39. The Hall–Kier alpha value is -2.84. The summed E-state index contributed by atoms with van der Waals surface area (Å²) < 4.78 is 12.1. The number of anilines is 1. The average molecular weight is 555 g/mol. The molecular formula is C29H28Cl2N2O5. The molecule has 2 fully saturated rings. The molecule has 1 aromatic heterocycles. The van der Waals surface area contributed by atoms with Gasteiger partial charge in [-0.1, -0.05) is 46.6 Å². The summed E-state index contributed by atoms with van der Waals surface area (Å²) in [7, 11) is 0. The quantitative estimate of drug-likeness (QED) is 0.296. The predicted molar refractivity (Wildman–Crippen MR) is 145 cm³/mol. The SMILES string of the molecule is O=C(O)C1=CCNc2ccc([C@]3(O)CC[C@H](OCc4c(-c5c(Cl)cccc5Cl)noc4C4CC4)CC3)cc21. The van der Waals surface area contributed by atoms with Crippen LogP contribution in [0.1, 0.15) is 66.9 Å². The van der Waals surface area contributed by atoms with Crippen LogP contribution in [0.5, 0.6) is 0 Å². The van der Waals surface area contributed by atoms with E-state index >= 15 is 0 Å². The van der Waals surface area contributed by atoms with Gasteiger partial charge in [0.15, 0.2) is 0 Å². The molecule has 3 N–H and O–H groups in total. The minimum atomic E-state index is -1.04. The van der Waals surface area contributed by atoms with Crippen molar-refractivity contribution in [1.82, 2.24) is 5.16 Å². The summed E-state index contributed by atoms with van der Waals surface area (Å²) in [6, 6.07) is 10.9. The van der Waals surface area contributed by atoms with E-state index < -0.39 is 11.6 Å². The molecule has 2 aromatic carbocycles. The Bertz CT molecular complexity index is 1400. The summed E-state index contributed by atoms with van der Waals surface area (Å²) in [5.74, 6) is 0.217. The fourth-order valence-electron chi connectivity index (χ4n) is 5.56. The van der Waals surface area contributed by atoms with E-state index in [4.69, 9.17) is 32.5 Å². The summed E-state index contributed by atoms with van der Waals surface area (Å²) >= 11 is 12.9. The van der Waals surface area contributed by atoms with Gasteiger partial charge in [0.05, 0.1) is 33.9 Å². The van der Waals surface area contributed by atoms with Crippen molar-refractivity contribution in [1.29, 1.82) is 0 Å². The molecule has 3 aliphatic rings. The molecule has 7 nitrogen and oxygen atoms in total. The molecule has 0 radical (unpaired) electrons. The number of carboxylic acid groups (broad SMARTS) is 1. The highest BCUT2D eigenvalue weighted by Crippen LogP contribution is 2.47. The number of hydrogen-bond acceptors (Lipinski definition) is 6. The first-order valence-electron chi connectivity index (χ1n) is 12.9. The molecule has 0 saturated heterocycles. The molecule has 0 bridgehead atoms. The lowest BCUT2D eigenvalue weighted by Crippen LogP contribution is -2.34. The number of benzene rings is 2. The Labute approximate surface area is 230 Å². The zero-order chi connectivity index (χ0) is 26.4. The van der Waals surface area contributed by atoms with Gasteiger partial charge in [0.1, 0.15) is 11.5 Å². The van der Waals surface area contributed by atoms with Crippen molar-refractivity contribution in [2.75, 3.05) is 11.9 Å². The maximum atomic E-state index is 11.7. The number of fused-ring (bicyclic) bond motifs is 1. The molecule has 2 aliphatic carbocycles. The molecule has 6 rings (SSSR count). The minimum absolute atomic E-state index is 0.0411. The van der Waals surface area contributed by atoms with Crippen LogP contribution in [0.4, 0.5) is 5.69 Å². The van der Waals surface area contributed by atoms with Gasteiger partial charge >= 0.3 is 5.97 Å². The number of hydrogen-bond donors (Lipinski definition) is 3. The highest BCUT2D eigenvalue weighted by atomic mass is 35.5. The Morgan fingerprint density at radius 3 is 2.55 bits per heavy atom. The smallest absolute Gasteiger partial charge is 0.336 e. The molecule has 0 spiro atoms. The van der Waals surface area contributed by atoms with E-state index in [0.717, 1.165) is 35.4 Å². The molecule has 9 heteroatoms. The number of aliphatic carboxylic acids is 1. The van der Waals surface area contributed by atoms with Crippen molar-refractivity contribution in [2.24, 2.45) is 0 Å². The van der Waals surface area contributed by atoms with Crippen LogP contribution in [0.25, 0.3) is 16.8 Å². The molecular weight excluding hydrogens is 527 g/mol. The zero-order valence-corrected chi connectivity index (χ0v) is 22.2. The van der Waals surface area contributed by atoms with Crippen LogP contribution in [0.2, 0.25) is 10.0 Å². The average Bonchev–Trinajstić information content (AvgIpc) is 3.67. The van der Waals surface area contributed by atoms with Crippen LogP contribution in [0, 0.1) is 0 Å². The predicted octanol–water partition coefficient (Wildman–Crippen LogP) is 6.77. The first-order chi connectivity index (χ1) is 18.3. The van der Waals surface area contributed by atoms with Gasteiger partial charge in [-0.05, 0) is 68.4 Å². The van der Waals surface area contributed by atoms with E-state index in [1.807, 2.05) is 12.1 Å². The molecule has 2 saturated carbocycles. The summed E-state index contributed by atoms with van der Waals surface area (Å²) in [4.78, 5) is 11.7. The van der Waals surface area contributed by atoms with Crippen LogP contribution in [-0.4, -0.2) is 34.0 Å². The minimum Gasteiger partial charge on any atom is -0.478 e. The number of rotatable bonds is 7. The molecule has 2 heterocycles. The monoisotopic (exact) mass is 554 g/mol. The summed E-state index contributed by atoms with van der Waals surface area (Å²) in [5, 5.41) is 29.7. The third-order valence-electron chi connectivity index (χ3n) is 7.87. The number of nitrogens with zero attached hydrogens (tertiary/aromatic N) is 1. The van der Waals surface area contributed by atoms with Gasteiger partial charge < -0.3 is 24.8 Å². The number of halogens is 2. The highest BCUT2D eigenvalue weighted by Gasteiger charge is 2.37. The van der Waals surface area contributed by atoms with Gasteiger partial charge in [-0.25, -0.2) is 4.79 Å². The summed E-state index contributed by atoms with van der Waals surface area (Å²) in [6.07, 6.45) is 6.09. The van der Waals surface area contributed by atoms with Crippen molar-refractivity contribution in [3.05, 3.63) is 75.0 Å². The fourth-order valence-corrected chi connectivity index (χ4v) is 6.14. The Morgan fingerprint density at radius 2 is 1.87 bits per heavy atom. The van der Waals surface area contributed by atoms with Gasteiger partial charge in [0.2, 0.25) is 0 Å². The van der Waals surface area contributed by atoms with E-state index in [-0.39, 0.29) is 11.7 Å².